The van der Waals surface area contributed by atoms with Crippen LogP contribution in [0.2, 0.25) is 0 Å². The number of benzene rings is 2. The van der Waals surface area contributed by atoms with Crippen LogP contribution in [0.1, 0.15) is 39.1 Å². The summed E-state index contributed by atoms with van der Waals surface area (Å²) in [5.74, 6) is -1.85. The quantitative estimate of drug-likeness (QED) is 0.288. The molecule has 1 atom stereocenters. The molecule has 0 unspecified atom stereocenters. The molecule has 0 amide bonds. The van der Waals surface area contributed by atoms with Crippen molar-refractivity contribution in [3.05, 3.63) is 93.8 Å². The van der Waals surface area contributed by atoms with Crippen molar-refractivity contribution in [2.75, 3.05) is 19.7 Å². The summed E-state index contributed by atoms with van der Waals surface area (Å²) >= 11 is 0. The molecule has 1 aromatic heterocycles. The van der Waals surface area contributed by atoms with Crippen molar-refractivity contribution in [3.8, 4) is 11.1 Å². The molecule has 35 heavy (non-hydrogen) atoms. The normalized spacial score (nSPS) is 15.9. The maximum atomic E-state index is 13.0. The van der Waals surface area contributed by atoms with Gasteiger partial charge in [0.05, 0.1) is 22.7 Å². The van der Waals surface area contributed by atoms with Gasteiger partial charge in [-0.3, -0.25) is 20.0 Å². The molecule has 0 aliphatic carbocycles. The van der Waals surface area contributed by atoms with E-state index in [0.29, 0.717) is 0 Å². The summed E-state index contributed by atoms with van der Waals surface area (Å²) in [6.45, 7) is 2.77. The van der Waals surface area contributed by atoms with E-state index in [4.69, 9.17) is 4.74 Å². The van der Waals surface area contributed by atoms with Crippen LogP contribution in [0.4, 0.5) is 5.69 Å². The summed E-state index contributed by atoms with van der Waals surface area (Å²) in [6.07, 6.45) is 4.27. The molecule has 1 fully saturated rings. The maximum absolute atomic E-state index is 13.0. The molecular weight excluding hydrogens is 450 g/mol. The monoisotopic (exact) mass is 475 g/mol. The number of nitro benzene ring substituents is 1. The van der Waals surface area contributed by atoms with Crippen molar-refractivity contribution in [2.24, 2.45) is 5.92 Å². The molecule has 0 bridgehead atoms. The van der Waals surface area contributed by atoms with Crippen molar-refractivity contribution in [2.45, 2.75) is 19.4 Å². The number of pyridine rings is 1. The third-order valence-corrected chi connectivity index (χ3v) is 6.04. The number of carboxylic acid groups (broad SMARTS) is 1. The van der Waals surface area contributed by atoms with Crippen LogP contribution in [0.5, 0.6) is 0 Å². The third-order valence-electron chi connectivity index (χ3n) is 6.04. The van der Waals surface area contributed by atoms with Crippen molar-refractivity contribution < 1.29 is 24.4 Å². The van der Waals surface area contributed by atoms with E-state index in [1.807, 2.05) is 18.2 Å². The van der Waals surface area contributed by atoms with Gasteiger partial charge in [-0.2, -0.15) is 0 Å². The zero-order valence-electron chi connectivity index (χ0n) is 19.0. The summed E-state index contributed by atoms with van der Waals surface area (Å²) in [6, 6.07) is 15.7. The lowest BCUT2D eigenvalue weighted by molar-refractivity contribution is -0.384. The van der Waals surface area contributed by atoms with Gasteiger partial charge in [0.2, 0.25) is 0 Å². The fraction of sp³-hybridized carbons (Fsp3) is 0.269. The Balaban J connectivity index is 1.50. The van der Waals surface area contributed by atoms with E-state index in [2.05, 4.69) is 22.0 Å². The van der Waals surface area contributed by atoms with Gasteiger partial charge in [0.1, 0.15) is 0 Å². The predicted molar refractivity (Wildman–Crippen MR) is 128 cm³/mol. The largest absolute Gasteiger partial charge is 0.478 e. The molecule has 0 saturated carbocycles. The first kappa shape index (κ1) is 24.0. The number of rotatable bonds is 8. The highest BCUT2D eigenvalue weighted by molar-refractivity contribution is 6.05. The molecule has 2 heterocycles. The fourth-order valence-electron chi connectivity index (χ4n) is 4.41. The number of carbonyl (C=O) groups excluding carboxylic acids is 1. The number of esters is 1. The lowest BCUT2D eigenvalue weighted by Crippen LogP contribution is -2.37. The zero-order valence-corrected chi connectivity index (χ0v) is 19.0. The van der Waals surface area contributed by atoms with Gasteiger partial charge in [0.25, 0.3) is 5.69 Å². The van der Waals surface area contributed by atoms with Gasteiger partial charge in [-0.05, 0) is 30.5 Å². The zero-order chi connectivity index (χ0) is 24.8. The molecule has 1 aliphatic rings. The van der Waals surface area contributed by atoms with Crippen LogP contribution in [-0.4, -0.2) is 51.5 Å². The Bertz CT molecular complexity index is 1230. The van der Waals surface area contributed by atoms with Crippen LogP contribution < -0.4 is 0 Å². The number of nitro groups is 1. The Morgan fingerprint density at radius 2 is 1.89 bits per heavy atom. The van der Waals surface area contributed by atoms with Crippen LogP contribution in [0, 0.1) is 16.0 Å². The number of carbonyl (C=O) groups is 2. The number of aromatic carboxylic acids is 1. The van der Waals surface area contributed by atoms with E-state index < -0.39 is 16.9 Å². The number of nitrogens with zero attached hydrogens (tertiary/aromatic N) is 3. The number of hydrogen-bond donors (Lipinski definition) is 1. The molecule has 2 aromatic carbocycles. The minimum absolute atomic E-state index is 0.0395. The standard InChI is InChI=1S/C26H25N3O6/c30-25(31)22-13-27-14-23(24(22)20-9-4-10-21(12-20)29(33)34)26(32)35-17-19-8-5-11-28(16-19)15-18-6-2-1-3-7-18/h1-4,6-7,9-10,12-14,19H,5,8,11,15-17H2,(H,30,31)/t19-/m1/s1. The van der Waals surface area contributed by atoms with Gasteiger partial charge >= 0.3 is 11.9 Å². The van der Waals surface area contributed by atoms with Crippen molar-refractivity contribution in [1.82, 2.24) is 9.88 Å². The second-order valence-corrected chi connectivity index (χ2v) is 8.55. The number of non-ortho nitro benzene ring substituents is 1. The highest BCUT2D eigenvalue weighted by atomic mass is 16.6. The van der Waals surface area contributed by atoms with E-state index >= 15 is 0 Å². The molecule has 180 valence electrons. The Morgan fingerprint density at radius 1 is 1.11 bits per heavy atom. The van der Waals surface area contributed by atoms with Gasteiger partial charge < -0.3 is 9.84 Å². The number of carboxylic acids is 1. The SMILES string of the molecule is O=C(O)c1cncc(C(=O)OC[C@@H]2CCCN(Cc3ccccc3)C2)c1-c1cccc([N+](=O)[O-])c1. The minimum atomic E-state index is -1.29. The molecular formula is C26H25N3O6. The highest BCUT2D eigenvalue weighted by Crippen LogP contribution is 2.31. The van der Waals surface area contributed by atoms with Gasteiger partial charge in [-0.15, -0.1) is 0 Å². The average molecular weight is 476 g/mol. The van der Waals surface area contributed by atoms with Gasteiger partial charge in [0, 0.05) is 49.1 Å². The number of aromatic nitrogens is 1. The first-order valence-electron chi connectivity index (χ1n) is 11.3. The Labute approximate surface area is 202 Å². The molecule has 0 radical (unpaired) electrons. The van der Waals surface area contributed by atoms with Crippen LogP contribution in [0.3, 0.4) is 0 Å². The average Bonchev–Trinajstić information content (AvgIpc) is 2.87. The summed E-state index contributed by atoms with van der Waals surface area (Å²) in [5.41, 5.74) is 1.03. The summed E-state index contributed by atoms with van der Waals surface area (Å²) < 4.78 is 5.61. The molecule has 0 spiro atoms. The van der Waals surface area contributed by atoms with Crippen LogP contribution in [0.15, 0.2) is 67.0 Å². The molecule has 1 saturated heterocycles. The highest BCUT2D eigenvalue weighted by Gasteiger charge is 2.25. The Kier molecular flexibility index (Phi) is 7.47. The van der Waals surface area contributed by atoms with E-state index in [-0.39, 0.29) is 40.5 Å². The van der Waals surface area contributed by atoms with Crippen molar-refractivity contribution in [3.63, 3.8) is 0 Å². The van der Waals surface area contributed by atoms with Crippen LogP contribution in [0.25, 0.3) is 11.1 Å². The fourth-order valence-corrected chi connectivity index (χ4v) is 4.41. The van der Waals surface area contributed by atoms with Gasteiger partial charge in [-0.1, -0.05) is 42.5 Å². The van der Waals surface area contributed by atoms with Crippen LogP contribution in [-0.2, 0) is 11.3 Å². The predicted octanol–water partition coefficient (Wildman–Crippen LogP) is 4.42. The van der Waals surface area contributed by atoms with Crippen molar-refractivity contribution >= 4 is 17.6 Å². The number of piperidine rings is 1. The Morgan fingerprint density at radius 3 is 2.63 bits per heavy atom. The lowest BCUT2D eigenvalue weighted by Gasteiger charge is -2.32. The van der Waals surface area contributed by atoms with Gasteiger partial charge in [0.15, 0.2) is 0 Å². The van der Waals surface area contributed by atoms with E-state index in [9.17, 15) is 24.8 Å². The van der Waals surface area contributed by atoms with E-state index in [0.717, 1.165) is 38.7 Å². The van der Waals surface area contributed by atoms with E-state index in [1.165, 1.54) is 36.0 Å². The third kappa shape index (κ3) is 5.88. The summed E-state index contributed by atoms with van der Waals surface area (Å²) in [4.78, 5) is 41.8. The number of likely N-dealkylation sites (tertiary alicyclic amines) is 1. The van der Waals surface area contributed by atoms with Gasteiger partial charge in [-0.25, -0.2) is 9.59 Å². The molecule has 4 rings (SSSR count). The molecule has 1 aliphatic heterocycles. The number of hydrogen-bond acceptors (Lipinski definition) is 7. The summed E-state index contributed by atoms with van der Waals surface area (Å²) in [5, 5.41) is 20.9. The smallest absolute Gasteiger partial charge is 0.340 e. The van der Waals surface area contributed by atoms with Crippen LogP contribution >= 0.6 is 0 Å². The topological polar surface area (TPSA) is 123 Å². The first-order valence-corrected chi connectivity index (χ1v) is 11.3. The van der Waals surface area contributed by atoms with E-state index in [1.54, 1.807) is 0 Å². The minimum Gasteiger partial charge on any atom is -0.478 e. The first-order chi connectivity index (χ1) is 16.9. The Hall–Kier alpha value is -4.11. The lowest BCUT2D eigenvalue weighted by atomic mass is 9.96. The molecule has 9 nitrogen and oxygen atoms in total. The van der Waals surface area contributed by atoms with Crippen molar-refractivity contribution in [1.29, 1.82) is 0 Å². The molecule has 9 heteroatoms. The second kappa shape index (κ2) is 10.9. The molecule has 3 aromatic rings. The second-order valence-electron chi connectivity index (χ2n) is 8.55. The maximum Gasteiger partial charge on any atom is 0.340 e. The summed E-state index contributed by atoms with van der Waals surface area (Å²) in [7, 11) is 0. The molecule has 1 N–H and O–H groups in total. The number of ether oxygens (including phenoxy) is 1.